The van der Waals surface area contributed by atoms with Crippen molar-refractivity contribution >= 4 is 48.5 Å². The van der Waals surface area contributed by atoms with Crippen molar-refractivity contribution in [2.24, 2.45) is 0 Å². The standard InChI is InChI=1S/C29H25BrF4N2O4S/c1-35-28(37)26-21-14-20(17-5-6-17)24(15-25(21)40-27(26)18-7-9-19(31)10-8-18)36-41(38,39)12-2-3-16-4-11-23(30)22(13-16)29(32,33)34/h4,7-11,13-15,17,36H,2-3,5-6,12H2,1H3,(H,35,37). The van der Waals surface area contributed by atoms with E-state index in [-0.39, 0.29) is 45.9 Å². The number of aryl methyl sites for hydroxylation is 1. The van der Waals surface area contributed by atoms with Crippen LogP contribution >= 0.6 is 15.9 Å². The molecule has 1 heterocycles. The summed E-state index contributed by atoms with van der Waals surface area (Å²) >= 11 is 2.91. The highest BCUT2D eigenvalue weighted by molar-refractivity contribution is 9.10. The minimum atomic E-state index is -4.53. The molecule has 41 heavy (non-hydrogen) atoms. The Kier molecular flexibility index (Phi) is 7.90. The van der Waals surface area contributed by atoms with E-state index in [0.717, 1.165) is 24.5 Å². The largest absolute Gasteiger partial charge is 0.455 e. The number of furan rings is 1. The van der Waals surface area contributed by atoms with Gasteiger partial charge in [-0.05, 0) is 85.2 Å². The number of amides is 1. The topological polar surface area (TPSA) is 88.4 Å². The number of hydrogen-bond acceptors (Lipinski definition) is 4. The Hall–Kier alpha value is -3.38. The highest BCUT2D eigenvalue weighted by Crippen LogP contribution is 2.47. The van der Waals surface area contributed by atoms with Gasteiger partial charge in [0.15, 0.2) is 0 Å². The minimum Gasteiger partial charge on any atom is -0.455 e. The first-order chi connectivity index (χ1) is 19.4. The van der Waals surface area contributed by atoms with Gasteiger partial charge in [0.05, 0.1) is 22.6 Å². The molecule has 1 fully saturated rings. The highest BCUT2D eigenvalue weighted by Gasteiger charge is 2.33. The zero-order chi connectivity index (χ0) is 29.5. The molecule has 5 rings (SSSR count). The monoisotopic (exact) mass is 652 g/mol. The van der Waals surface area contributed by atoms with E-state index in [4.69, 9.17) is 4.42 Å². The van der Waals surface area contributed by atoms with Crippen LogP contribution in [0.2, 0.25) is 0 Å². The van der Waals surface area contributed by atoms with Crippen LogP contribution in [0.25, 0.3) is 22.3 Å². The number of halogens is 5. The van der Waals surface area contributed by atoms with Gasteiger partial charge in [0.2, 0.25) is 10.0 Å². The van der Waals surface area contributed by atoms with Crippen molar-refractivity contribution in [1.82, 2.24) is 5.32 Å². The van der Waals surface area contributed by atoms with Crippen molar-refractivity contribution in [2.45, 2.75) is 37.8 Å². The lowest BCUT2D eigenvalue weighted by molar-refractivity contribution is -0.138. The van der Waals surface area contributed by atoms with Crippen LogP contribution in [-0.4, -0.2) is 27.1 Å². The third-order valence-corrected chi connectivity index (χ3v) is 8.97. The fraction of sp³-hybridized carbons (Fsp3) is 0.276. The summed E-state index contributed by atoms with van der Waals surface area (Å²) in [5.74, 6) is -0.828. The predicted octanol–water partition coefficient (Wildman–Crippen LogP) is 7.63. The Balaban J connectivity index is 1.42. The third kappa shape index (κ3) is 6.43. The molecule has 3 aromatic carbocycles. The molecule has 0 aliphatic heterocycles. The number of benzene rings is 3. The molecular weight excluding hydrogens is 628 g/mol. The van der Waals surface area contributed by atoms with E-state index in [1.54, 1.807) is 12.1 Å². The number of fused-ring (bicyclic) bond motifs is 1. The molecular formula is C29H25BrF4N2O4S. The number of hydrogen-bond donors (Lipinski definition) is 2. The van der Waals surface area contributed by atoms with E-state index >= 15 is 0 Å². The molecule has 0 bridgehead atoms. The molecule has 0 spiro atoms. The van der Waals surface area contributed by atoms with Crippen LogP contribution in [0.1, 0.15) is 52.2 Å². The van der Waals surface area contributed by atoms with E-state index < -0.39 is 33.5 Å². The third-order valence-electron chi connectivity index (χ3n) is 6.92. The molecule has 0 unspecified atom stereocenters. The fourth-order valence-corrected chi connectivity index (χ4v) is 6.37. The molecule has 216 valence electrons. The average molecular weight is 653 g/mol. The van der Waals surface area contributed by atoms with Crippen LogP contribution in [0.5, 0.6) is 0 Å². The van der Waals surface area contributed by atoms with Gasteiger partial charge in [-0.25, -0.2) is 12.8 Å². The predicted molar refractivity (Wildman–Crippen MR) is 152 cm³/mol. The number of nitrogens with one attached hydrogen (secondary N) is 2. The zero-order valence-electron chi connectivity index (χ0n) is 21.7. The quantitative estimate of drug-likeness (QED) is 0.182. The molecule has 1 aliphatic carbocycles. The molecule has 1 amide bonds. The Morgan fingerprint density at radius 3 is 2.41 bits per heavy atom. The average Bonchev–Trinajstić information content (AvgIpc) is 3.69. The van der Waals surface area contributed by atoms with Crippen LogP contribution < -0.4 is 10.0 Å². The summed E-state index contributed by atoms with van der Waals surface area (Å²) < 4.78 is 87.9. The van der Waals surface area contributed by atoms with Gasteiger partial charge in [0.25, 0.3) is 5.91 Å². The van der Waals surface area contributed by atoms with Crippen molar-refractivity contribution in [2.75, 3.05) is 17.5 Å². The number of rotatable bonds is 9. The van der Waals surface area contributed by atoms with Crippen LogP contribution in [0.4, 0.5) is 23.2 Å². The number of carbonyl (C=O) groups excluding carboxylic acids is 1. The molecule has 1 aromatic heterocycles. The minimum absolute atomic E-state index is 0.0777. The van der Waals surface area contributed by atoms with E-state index in [0.29, 0.717) is 22.2 Å². The number of carbonyl (C=O) groups is 1. The summed E-state index contributed by atoms with van der Waals surface area (Å²) in [7, 11) is -2.39. The number of anilines is 1. The Labute approximate surface area is 242 Å². The molecule has 6 nitrogen and oxygen atoms in total. The first-order valence-corrected chi connectivity index (χ1v) is 15.3. The Bertz CT molecular complexity index is 1730. The fourth-order valence-electron chi connectivity index (χ4n) is 4.77. The summed E-state index contributed by atoms with van der Waals surface area (Å²) in [5.41, 5.74) is 1.64. The lowest BCUT2D eigenvalue weighted by Gasteiger charge is -2.14. The highest BCUT2D eigenvalue weighted by atomic mass is 79.9. The molecule has 0 saturated heterocycles. The van der Waals surface area contributed by atoms with Crippen LogP contribution in [0.15, 0.2) is 63.5 Å². The van der Waals surface area contributed by atoms with E-state index in [1.807, 2.05) is 0 Å². The summed E-state index contributed by atoms with van der Waals surface area (Å²) in [6.45, 7) is 0. The van der Waals surface area contributed by atoms with Crippen molar-refractivity contribution in [3.63, 3.8) is 0 Å². The SMILES string of the molecule is CNC(=O)c1c(-c2ccc(F)cc2)oc2cc(NS(=O)(=O)CCCc3ccc(Br)c(C(F)(F)F)c3)c(C3CC3)cc12. The second-order valence-electron chi connectivity index (χ2n) is 9.94. The van der Waals surface area contributed by atoms with E-state index in [2.05, 4.69) is 26.0 Å². The normalized spacial score (nSPS) is 13.9. The molecule has 0 radical (unpaired) electrons. The van der Waals surface area contributed by atoms with E-state index in [1.165, 1.54) is 43.4 Å². The second-order valence-corrected chi connectivity index (χ2v) is 12.6. The van der Waals surface area contributed by atoms with Gasteiger partial charge in [-0.3, -0.25) is 9.52 Å². The zero-order valence-corrected chi connectivity index (χ0v) is 24.1. The van der Waals surface area contributed by atoms with E-state index in [9.17, 15) is 30.8 Å². The van der Waals surface area contributed by atoms with Gasteiger partial charge in [0.1, 0.15) is 17.2 Å². The molecule has 12 heteroatoms. The summed E-state index contributed by atoms with van der Waals surface area (Å²) in [4.78, 5) is 12.9. The van der Waals surface area contributed by atoms with Crippen molar-refractivity contribution in [3.8, 4) is 11.3 Å². The molecule has 2 N–H and O–H groups in total. The molecule has 4 aromatic rings. The van der Waals surface area contributed by atoms with Gasteiger partial charge in [-0.2, -0.15) is 13.2 Å². The molecule has 1 saturated carbocycles. The second kappa shape index (κ2) is 11.1. The van der Waals surface area contributed by atoms with Crippen LogP contribution in [0, 0.1) is 5.82 Å². The number of alkyl halides is 3. The first-order valence-electron chi connectivity index (χ1n) is 12.8. The lowest BCUT2D eigenvalue weighted by atomic mass is 10.0. The van der Waals surface area contributed by atoms with Gasteiger partial charge in [0, 0.05) is 28.5 Å². The van der Waals surface area contributed by atoms with Crippen molar-refractivity contribution in [1.29, 1.82) is 0 Å². The first kappa shape index (κ1) is 29.1. The maximum atomic E-state index is 13.5. The molecule has 0 atom stereocenters. The maximum Gasteiger partial charge on any atom is 0.417 e. The molecule has 1 aliphatic rings. The lowest BCUT2D eigenvalue weighted by Crippen LogP contribution is -2.19. The van der Waals surface area contributed by atoms with Gasteiger partial charge in [-0.15, -0.1) is 0 Å². The summed E-state index contributed by atoms with van der Waals surface area (Å²) in [6.07, 6.45) is -2.58. The van der Waals surface area contributed by atoms with Crippen LogP contribution in [0.3, 0.4) is 0 Å². The van der Waals surface area contributed by atoms with Crippen molar-refractivity contribution < 1.29 is 35.2 Å². The van der Waals surface area contributed by atoms with Crippen molar-refractivity contribution in [3.05, 3.63) is 87.1 Å². The smallest absolute Gasteiger partial charge is 0.417 e. The summed E-state index contributed by atoms with van der Waals surface area (Å²) in [5, 5.41) is 3.10. The number of sulfonamides is 1. The Morgan fingerprint density at radius 2 is 1.78 bits per heavy atom. The maximum absolute atomic E-state index is 13.5. The van der Waals surface area contributed by atoms with Gasteiger partial charge >= 0.3 is 6.18 Å². The Morgan fingerprint density at radius 1 is 1.07 bits per heavy atom. The van der Waals surface area contributed by atoms with Gasteiger partial charge < -0.3 is 9.73 Å². The van der Waals surface area contributed by atoms with Gasteiger partial charge in [-0.1, -0.05) is 22.0 Å². The summed E-state index contributed by atoms with van der Waals surface area (Å²) in [6, 6.07) is 12.6. The van der Waals surface area contributed by atoms with Crippen LogP contribution in [-0.2, 0) is 22.6 Å².